The molecule has 7 nitrogen and oxygen atoms in total. The van der Waals surface area contributed by atoms with Gasteiger partial charge in [0.2, 0.25) is 5.43 Å². The van der Waals surface area contributed by atoms with E-state index < -0.39 is 0 Å². The van der Waals surface area contributed by atoms with Gasteiger partial charge in [0.25, 0.3) is 0 Å². The number of hydrogen-bond acceptors (Lipinski definition) is 5. The first-order valence-corrected chi connectivity index (χ1v) is 9.61. The van der Waals surface area contributed by atoms with Gasteiger partial charge < -0.3 is 4.98 Å². The van der Waals surface area contributed by atoms with Crippen LogP contribution in [0.15, 0.2) is 65.7 Å². The normalized spacial score (nSPS) is 11.1. The van der Waals surface area contributed by atoms with E-state index in [1.54, 1.807) is 24.5 Å². The number of aromatic nitrogens is 6. The fraction of sp³-hybridized carbons (Fsp3) is 0.0455. The number of pyridine rings is 2. The van der Waals surface area contributed by atoms with Crippen molar-refractivity contribution in [3.63, 3.8) is 0 Å². The van der Waals surface area contributed by atoms with Gasteiger partial charge >= 0.3 is 0 Å². The Morgan fingerprint density at radius 1 is 0.933 bits per heavy atom. The van der Waals surface area contributed by atoms with E-state index in [4.69, 9.17) is 21.6 Å². The van der Waals surface area contributed by atoms with Gasteiger partial charge in [0.1, 0.15) is 5.15 Å². The predicted octanol–water partition coefficient (Wildman–Crippen LogP) is 4.40. The van der Waals surface area contributed by atoms with E-state index in [0.717, 1.165) is 16.8 Å². The number of H-pyrrole nitrogens is 2. The van der Waals surface area contributed by atoms with Gasteiger partial charge in [-0.05, 0) is 25.1 Å². The van der Waals surface area contributed by atoms with Crippen molar-refractivity contribution >= 4 is 22.8 Å². The van der Waals surface area contributed by atoms with Crippen LogP contribution < -0.4 is 5.43 Å². The molecule has 0 atom stereocenters. The molecule has 0 spiro atoms. The number of fused-ring (bicyclic) bond motifs is 1. The van der Waals surface area contributed by atoms with E-state index in [1.807, 2.05) is 43.3 Å². The Morgan fingerprint density at radius 2 is 1.73 bits per heavy atom. The third kappa shape index (κ3) is 3.15. The number of nitrogens with zero attached hydrogens (tertiary/aromatic N) is 4. The van der Waals surface area contributed by atoms with Gasteiger partial charge in [-0.3, -0.25) is 9.89 Å². The maximum absolute atomic E-state index is 13.2. The molecule has 0 bridgehead atoms. The quantitative estimate of drug-likeness (QED) is 0.426. The van der Waals surface area contributed by atoms with Gasteiger partial charge in [0.05, 0.1) is 22.6 Å². The molecule has 5 aromatic rings. The highest BCUT2D eigenvalue weighted by molar-refractivity contribution is 6.29. The summed E-state index contributed by atoms with van der Waals surface area (Å²) in [5, 5.41) is 7.09. The van der Waals surface area contributed by atoms with Crippen LogP contribution in [0, 0.1) is 6.92 Å². The molecule has 1 aromatic carbocycles. The highest BCUT2D eigenvalue weighted by Crippen LogP contribution is 2.31. The fourth-order valence-electron chi connectivity index (χ4n) is 3.40. The topological polar surface area (TPSA) is 100 Å². The molecule has 0 fully saturated rings. The van der Waals surface area contributed by atoms with Crippen LogP contribution in [0.4, 0.5) is 0 Å². The molecule has 0 amide bonds. The second-order valence-electron chi connectivity index (χ2n) is 6.81. The van der Waals surface area contributed by atoms with Crippen LogP contribution in [0.25, 0.3) is 44.9 Å². The van der Waals surface area contributed by atoms with Gasteiger partial charge in [-0.2, -0.15) is 5.10 Å². The van der Waals surface area contributed by atoms with Crippen LogP contribution in [0.5, 0.6) is 0 Å². The Labute approximate surface area is 175 Å². The minimum absolute atomic E-state index is 0.238. The first-order chi connectivity index (χ1) is 14.6. The first kappa shape index (κ1) is 18.2. The Bertz CT molecular complexity index is 1410. The zero-order valence-corrected chi connectivity index (χ0v) is 16.6. The number of rotatable bonds is 3. The third-order valence-corrected chi connectivity index (χ3v) is 4.94. The molecule has 146 valence electrons. The van der Waals surface area contributed by atoms with Crippen molar-refractivity contribution in [2.24, 2.45) is 0 Å². The number of aromatic amines is 2. The standard InChI is InChI=1S/C22H15ClN6O/c1-12-9-14(10-17(23)26-12)19-18(13-5-3-2-4-6-13)28-22-20(27-19)21(30)15(11-24-22)16-7-8-25-29-16/h2-11H,1H3,(H,25,29)(H,24,28,30). The largest absolute Gasteiger partial charge is 0.344 e. The minimum atomic E-state index is -0.238. The lowest BCUT2D eigenvalue weighted by Crippen LogP contribution is -2.11. The lowest BCUT2D eigenvalue weighted by molar-refractivity contribution is 1.09. The molecule has 0 aliphatic carbocycles. The summed E-state index contributed by atoms with van der Waals surface area (Å²) in [6.45, 7) is 1.86. The SMILES string of the molecule is Cc1cc(-c2nc3c(=O)c(-c4ccn[nH]4)c[nH]c3nc2-c2ccccc2)cc(Cl)n1. The Hall–Kier alpha value is -3.84. The number of nitrogens with one attached hydrogen (secondary N) is 2. The summed E-state index contributed by atoms with van der Waals surface area (Å²) in [5.41, 5.74) is 5.04. The molecule has 0 aliphatic heterocycles. The molecule has 2 N–H and O–H groups in total. The van der Waals surface area contributed by atoms with Gasteiger partial charge in [0.15, 0.2) is 11.2 Å². The summed E-state index contributed by atoms with van der Waals surface area (Å²) in [7, 11) is 0. The zero-order valence-electron chi connectivity index (χ0n) is 15.8. The molecule has 4 heterocycles. The van der Waals surface area contributed by atoms with Crippen molar-refractivity contribution in [2.75, 3.05) is 0 Å². The molecule has 8 heteroatoms. The van der Waals surface area contributed by atoms with Crippen LogP contribution in [-0.4, -0.2) is 30.1 Å². The van der Waals surface area contributed by atoms with Crippen molar-refractivity contribution < 1.29 is 0 Å². The number of hydrogen-bond donors (Lipinski definition) is 2. The van der Waals surface area contributed by atoms with Gasteiger partial charge in [-0.1, -0.05) is 41.9 Å². The van der Waals surface area contributed by atoms with E-state index in [-0.39, 0.29) is 10.9 Å². The lowest BCUT2D eigenvalue weighted by Gasteiger charge is -2.11. The Balaban J connectivity index is 1.84. The summed E-state index contributed by atoms with van der Waals surface area (Å²) < 4.78 is 0. The van der Waals surface area contributed by atoms with E-state index in [1.165, 1.54) is 0 Å². The Morgan fingerprint density at radius 3 is 2.47 bits per heavy atom. The number of benzene rings is 1. The zero-order chi connectivity index (χ0) is 20.7. The van der Waals surface area contributed by atoms with E-state index in [9.17, 15) is 4.79 Å². The fourth-order valence-corrected chi connectivity index (χ4v) is 3.65. The second-order valence-corrected chi connectivity index (χ2v) is 7.19. The minimum Gasteiger partial charge on any atom is -0.344 e. The predicted molar refractivity (Wildman–Crippen MR) is 116 cm³/mol. The summed E-state index contributed by atoms with van der Waals surface area (Å²) in [6.07, 6.45) is 3.21. The lowest BCUT2D eigenvalue weighted by atomic mass is 10.0. The summed E-state index contributed by atoms with van der Waals surface area (Å²) in [5.74, 6) is 0. The van der Waals surface area contributed by atoms with Gasteiger partial charge in [0, 0.05) is 29.2 Å². The van der Waals surface area contributed by atoms with Crippen molar-refractivity contribution in [1.29, 1.82) is 0 Å². The second kappa shape index (κ2) is 7.20. The average Bonchev–Trinajstić information content (AvgIpc) is 3.28. The molecule has 0 saturated heterocycles. The Kier molecular flexibility index (Phi) is 4.37. The number of halogens is 1. The molecule has 0 saturated carbocycles. The van der Waals surface area contributed by atoms with E-state index in [2.05, 4.69) is 20.2 Å². The highest BCUT2D eigenvalue weighted by Gasteiger charge is 2.18. The molecular formula is C22H15ClN6O. The van der Waals surface area contributed by atoms with E-state index in [0.29, 0.717) is 33.4 Å². The van der Waals surface area contributed by atoms with Gasteiger partial charge in [-0.15, -0.1) is 0 Å². The molecule has 30 heavy (non-hydrogen) atoms. The maximum atomic E-state index is 13.2. The van der Waals surface area contributed by atoms with Crippen molar-refractivity contribution in [3.8, 4) is 33.8 Å². The smallest absolute Gasteiger partial charge is 0.218 e. The van der Waals surface area contributed by atoms with Crippen LogP contribution in [-0.2, 0) is 0 Å². The monoisotopic (exact) mass is 414 g/mol. The molecule has 0 aliphatic rings. The maximum Gasteiger partial charge on any atom is 0.218 e. The van der Waals surface area contributed by atoms with Crippen molar-refractivity contribution in [3.05, 3.63) is 82.0 Å². The molecule has 0 unspecified atom stereocenters. The number of aryl methyl sites for hydroxylation is 1. The molecule has 0 radical (unpaired) electrons. The van der Waals surface area contributed by atoms with Crippen LogP contribution in [0.3, 0.4) is 0 Å². The van der Waals surface area contributed by atoms with Crippen molar-refractivity contribution in [2.45, 2.75) is 6.92 Å². The summed E-state index contributed by atoms with van der Waals surface area (Å²) in [4.78, 5) is 30.0. The van der Waals surface area contributed by atoms with Crippen LogP contribution >= 0.6 is 11.6 Å². The van der Waals surface area contributed by atoms with E-state index >= 15 is 0 Å². The van der Waals surface area contributed by atoms with Crippen LogP contribution in [0.2, 0.25) is 5.15 Å². The van der Waals surface area contributed by atoms with Crippen LogP contribution in [0.1, 0.15) is 5.69 Å². The molecular weight excluding hydrogens is 400 g/mol. The highest BCUT2D eigenvalue weighted by atomic mass is 35.5. The summed E-state index contributed by atoms with van der Waals surface area (Å²) in [6, 6.07) is 15.0. The average molecular weight is 415 g/mol. The summed E-state index contributed by atoms with van der Waals surface area (Å²) >= 11 is 6.20. The third-order valence-electron chi connectivity index (χ3n) is 4.74. The van der Waals surface area contributed by atoms with Gasteiger partial charge in [-0.25, -0.2) is 15.0 Å². The molecule has 4 aromatic heterocycles. The van der Waals surface area contributed by atoms with Crippen molar-refractivity contribution in [1.82, 2.24) is 30.1 Å². The first-order valence-electron chi connectivity index (χ1n) is 9.23. The molecule has 5 rings (SSSR count).